The van der Waals surface area contributed by atoms with E-state index in [-0.39, 0.29) is 28.3 Å². The van der Waals surface area contributed by atoms with E-state index in [1.54, 1.807) is 36.4 Å². The molecule has 1 unspecified atom stereocenters. The first-order chi connectivity index (χ1) is 19.4. The van der Waals surface area contributed by atoms with E-state index in [4.69, 9.17) is 10.6 Å². The molecule has 4 N–H and O–H groups in total. The number of para-hydroxylation sites is 1. The quantitative estimate of drug-likeness (QED) is 0.0888. The van der Waals surface area contributed by atoms with E-state index in [1.165, 1.54) is 49.9 Å². The number of carboxylic acids is 1. The third kappa shape index (κ3) is 5.63. The number of aromatic nitrogens is 4. The molecule has 1 fully saturated rings. The fraction of sp³-hybridized carbons (Fsp3) is 0.273. The van der Waals surface area contributed by atoms with E-state index in [0.717, 1.165) is 0 Å². The zero-order chi connectivity index (χ0) is 28.2. The minimum atomic E-state index is -1.23. The number of allylic oxidation sites excluding steroid dienone is 1. The summed E-state index contributed by atoms with van der Waals surface area (Å²) >= 11 is 3.81. The summed E-state index contributed by atoms with van der Waals surface area (Å²) in [7, 11) is 0. The number of tetrazole rings is 1. The highest BCUT2D eigenvalue weighted by Gasteiger charge is 2.54. The van der Waals surface area contributed by atoms with Crippen molar-refractivity contribution in [2.24, 2.45) is 16.0 Å². The number of hydrogen-bond acceptors (Lipinski definition) is 13. The van der Waals surface area contributed by atoms with Crippen LogP contribution in [0.3, 0.4) is 0 Å². The number of hydrazone groups is 1. The van der Waals surface area contributed by atoms with Crippen LogP contribution in [0.5, 0.6) is 5.75 Å². The SMILES string of the molecule is C=CCn1nnnc1SCC1=C(C(=O)O)N2C(=O)C(NC(=O)C(=NOc3ccccc3)N3CSC(N)=N3)[C@@H]2SC1. The molecular formula is C22H22N10O5S3. The lowest BCUT2D eigenvalue weighted by Gasteiger charge is -2.49. The third-order valence-corrected chi connectivity index (χ3v) is 8.83. The highest BCUT2D eigenvalue weighted by molar-refractivity contribution is 8.14. The van der Waals surface area contributed by atoms with Crippen LogP contribution in [0.15, 0.2) is 69.7 Å². The van der Waals surface area contributed by atoms with Gasteiger partial charge in [0.2, 0.25) is 5.16 Å². The number of thioether (sulfide) groups is 3. The number of fused-ring (bicyclic) bond motifs is 1. The van der Waals surface area contributed by atoms with Gasteiger partial charge in [-0.05, 0) is 28.1 Å². The minimum absolute atomic E-state index is 0.107. The molecule has 1 aromatic heterocycles. The van der Waals surface area contributed by atoms with Crippen molar-refractivity contribution >= 4 is 64.1 Å². The molecule has 0 radical (unpaired) electrons. The highest BCUT2D eigenvalue weighted by atomic mass is 32.2. The summed E-state index contributed by atoms with van der Waals surface area (Å²) in [6.07, 6.45) is 1.64. The van der Waals surface area contributed by atoms with Crippen LogP contribution in [0.1, 0.15) is 0 Å². The van der Waals surface area contributed by atoms with Crippen molar-refractivity contribution in [2.75, 3.05) is 17.4 Å². The van der Waals surface area contributed by atoms with Crippen molar-refractivity contribution < 1.29 is 24.3 Å². The van der Waals surface area contributed by atoms with Crippen LogP contribution >= 0.6 is 35.3 Å². The molecule has 0 spiro atoms. The molecule has 2 amide bonds. The summed E-state index contributed by atoms with van der Waals surface area (Å²) in [6.45, 7) is 4.07. The van der Waals surface area contributed by atoms with Gasteiger partial charge in [0.15, 0.2) is 10.9 Å². The number of aliphatic carboxylic acids is 1. The Labute approximate surface area is 239 Å². The zero-order valence-electron chi connectivity index (χ0n) is 20.6. The molecule has 0 aliphatic carbocycles. The van der Waals surface area contributed by atoms with Crippen molar-refractivity contribution in [3.8, 4) is 5.75 Å². The van der Waals surface area contributed by atoms with Gasteiger partial charge in [0.1, 0.15) is 17.1 Å². The molecule has 15 nitrogen and oxygen atoms in total. The molecule has 1 saturated heterocycles. The van der Waals surface area contributed by atoms with Gasteiger partial charge in [0, 0.05) is 11.5 Å². The maximum absolute atomic E-state index is 13.3. The molecule has 5 rings (SSSR count). The number of rotatable bonds is 9. The number of nitrogens with two attached hydrogens (primary N) is 1. The minimum Gasteiger partial charge on any atom is -0.477 e. The van der Waals surface area contributed by atoms with E-state index >= 15 is 0 Å². The summed E-state index contributed by atoms with van der Waals surface area (Å²) in [5.74, 6) is -1.49. The molecule has 2 atom stereocenters. The van der Waals surface area contributed by atoms with Gasteiger partial charge in [-0.3, -0.25) is 14.5 Å². The van der Waals surface area contributed by atoms with Crippen molar-refractivity contribution in [2.45, 2.75) is 23.1 Å². The normalized spacial score (nSPS) is 20.6. The molecule has 40 heavy (non-hydrogen) atoms. The van der Waals surface area contributed by atoms with Crippen molar-refractivity contribution in [1.29, 1.82) is 0 Å². The number of carbonyl (C=O) groups is 3. The van der Waals surface area contributed by atoms with Crippen LogP contribution in [0.2, 0.25) is 0 Å². The summed E-state index contributed by atoms with van der Waals surface area (Å²) < 4.78 is 1.54. The van der Waals surface area contributed by atoms with E-state index < -0.39 is 29.2 Å². The Morgan fingerprint density at radius 1 is 1.35 bits per heavy atom. The molecule has 3 aliphatic rings. The summed E-state index contributed by atoms with van der Waals surface area (Å²) in [4.78, 5) is 45.2. The largest absolute Gasteiger partial charge is 0.477 e. The van der Waals surface area contributed by atoms with Gasteiger partial charge in [0.05, 0.1) is 12.4 Å². The average Bonchev–Trinajstić information content (AvgIpc) is 3.59. The Bertz CT molecular complexity index is 1430. The van der Waals surface area contributed by atoms with E-state index in [0.29, 0.717) is 28.8 Å². The predicted molar refractivity (Wildman–Crippen MR) is 149 cm³/mol. The summed E-state index contributed by atoms with van der Waals surface area (Å²) in [5.41, 5.74) is 6.19. The number of amidine groups is 2. The molecule has 3 aliphatic heterocycles. The molecule has 4 heterocycles. The van der Waals surface area contributed by atoms with Gasteiger partial charge >= 0.3 is 5.97 Å². The Morgan fingerprint density at radius 2 is 2.15 bits per heavy atom. The lowest BCUT2D eigenvalue weighted by molar-refractivity contribution is -0.150. The number of nitrogens with one attached hydrogen (secondary N) is 1. The monoisotopic (exact) mass is 602 g/mol. The molecule has 1 aromatic carbocycles. The van der Waals surface area contributed by atoms with Crippen LogP contribution in [0, 0.1) is 0 Å². The molecule has 0 saturated carbocycles. The number of β-lactam (4-membered cyclic amide) rings is 1. The molecule has 2 aromatic rings. The van der Waals surface area contributed by atoms with Crippen LogP contribution in [-0.4, -0.2) is 92.8 Å². The Morgan fingerprint density at radius 3 is 2.85 bits per heavy atom. The summed E-state index contributed by atoms with van der Waals surface area (Å²) in [6, 6.07) is 7.65. The lowest BCUT2D eigenvalue weighted by atomic mass is 10.0. The first-order valence-corrected chi connectivity index (χ1v) is 14.6. The Hall–Kier alpha value is -4.03. The maximum Gasteiger partial charge on any atom is 0.352 e. The second-order valence-electron chi connectivity index (χ2n) is 8.27. The molecule has 0 bridgehead atoms. The second kappa shape index (κ2) is 12.0. The summed E-state index contributed by atoms with van der Waals surface area (Å²) in [5, 5.41) is 33.5. The number of benzene rings is 1. The van der Waals surface area contributed by atoms with Crippen molar-refractivity contribution in [3.05, 3.63) is 54.3 Å². The van der Waals surface area contributed by atoms with Gasteiger partial charge in [0.25, 0.3) is 17.6 Å². The zero-order valence-corrected chi connectivity index (χ0v) is 23.1. The van der Waals surface area contributed by atoms with Gasteiger partial charge in [-0.2, -0.15) is 0 Å². The Balaban J connectivity index is 1.30. The van der Waals surface area contributed by atoms with Gasteiger partial charge in [-0.15, -0.1) is 28.5 Å². The fourth-order valence-corrected chi connectivity index (χ4v) is 6.85. The maximum atomic E-state index is 13.3. The fourth-order valence-electron chi connectivity index (χ4n) is 3.88. The topological polar surface area (TPSA) is 194 Å². The van der Waals surface area contributed by atoms with Gasteiger partial charge < -0.3 is 21.0 Å². The van der Waals surface area contributed by atoms with Crippen LogP contribution in [-0.2, 0) is 20.9 Å². The first-order valence-electron chi connectivity index (χ1n) is 11.6. The average molecular weight is 603 g/mol. The highest BCUT2D eigenvalue weighted by Crippen LogP contribution is 2.41. The van der Waals surface area contributed by atoms with E-state index in [1.807, 2.05) is 0 Å². The number of amides is 2. The van der Waals surface area contributed by atoms with Gasteiger partial charge in [-0.1, -0.05) is 53.0 Å². The number of carbonyl (C=O) groups excluding carboxylic acids is 2. The predicted octanol–water partition coefficient (Wildman–Crippen LogP) is 0.318. The number of hydrogen-bond donors (Lipinski definition) is 3. The number of oxime groups is 1. The van der Waals surface area contributed by atoms with Crippen LogP contribution in [0.25, 0.3) is 0 Å². The van der Waals surface area contributed by atoms with E-state index in [9.17, 15) is 19.5 Å². The smallest absolute Gasteiger partial charge is 0.352 e. The van der Waals surface area contributed by atoms with Crippen molar-refractivity contribution in [3.63, 3.8) is 0 Å². The number of carboxylic acid groups (broad SMARTS) is 1. The molecule has 18 heteroatoms. The van der Waals surface area contributed by atoms with E-state index in [2.05, 4.69) is 37.7 Å². The van der Waals surface area contributed by atoms with Gasteiger partial charge in [-0.25, -0.2) is 14.5 Å². The van der Waals surface area contributed by atoms with Crippen molar-refractivity contribution in [1.82, 2.24) is 35.4 Å². The first kappa shape index (κ1) is 27.5. The van der Waals surface area contributed by atoms with Crippen LogP contribution in [0.4, 0.5) is 0 Å². The molecular weight excluding hydrogens is 581 g/mol. The second-order valence-corrected chi connectivity index (χ2v) is 11.3. The lowest BCUT2D eigenvalue weighted by Crippen LogP contribution is -2.71. The van der Waals surface area contributed by atoms with Crippen LogP contribution < -0.4 is 15.9 Å². The molecule has 208 valence electrons. The third-order valence-electron chi connectivity index (χ3n) is 5.70. The standard InChI is InChI=1S/C22H22N10O5S3/c1-2-8-30-22(25-28-29-30)39-10-12-9-38-19-14(18(34)32(19)15(12)20(35)36)24-17(33)16(31-11-40-21(23)26-31)27-37-13-6-4-3-5-7-13/h2-7,14,19H,1,8-11H2,(H2,23,26)(H,24,33)(H,35,36)/t14?,19-/m0/s1. The Kier molecular flexibility index (Phi) is 8.27. The number of nitrogens with zero attached hydrogens (tertiary/aromatic N) is 8.